The van der Waals surface area contributed by atoms with Gasteiger partial charge in [-0.15, -0.1) is 0 Å². The molecule has 68 valence electrons. The van der Waals surface area contributed by atoms with Crippen molar-refractivity contribution in [3.63, 3.8) is 0 Å². The Hall–Kier alpha value is -1.16. The zero-order valence-corrected chi connectivity index (χ0v) is 7.67. The van der Waals surface area contributed by atoms with E-state index >= 15 is 0 Å². The summed E-state index contributed by atoms with van der Waals surface area (Å²) in [6, 6.07) is 0. The van der Waals surface area contributed by atoms with Gasteiger partial charge in [0.15, 0.2) is 0 Å². The molecule has 0 spiro atoms. The molecule has 0 radical (unpaired) electrons. The predicted molar refractivity (Wildman–Crippen MR) is 53.0 cm³/mol. The van der Waals surface area contributed by atoms with E-state index in [4.69, 9.17) is 5.41 Å². The molecule has 4 heteroatoms. The van der Waals surface area contributed by atoms with Crippen LogP contribution in [0.15, 0.2) is 17.6 Å². The third-order valence-corrected chi connectivity index (χ3v) is 1.36. The van der Waals surface area contributed by atoms with Crippen molar-refractivity contribution in [3.8, 4) is 0 Å². The maximum absolute atomic E-state index is 7.43. The molecule has 12 heavy (non-hydrogen) atoms. The Balaban J connectivity index is 3.76. The summed E-state index contributed by atoms with van der Waals surface area (Å²) < 4.78 is 0. The van der Waals surface area contributed by atoms with Gasteiger partial charge in [-0.25, -0.2) is 4.99 Å². The first-order valence-electron chi connectivity index (χ1n) is 3.81. The molecule has 0 unspecified atom stereocenters. The SMILES string of the molecule is C=C/C=N\C(=N)N(C)CCNC. The summed E-state index contributed by atoms with van der Waals surface area (Å²) >= 11 is 0. The fraction of sp³-hybridized carbons (Fsp3) is 0.500. The van der Waals surface area contributed by atoms with Crippen LogP contribution in [0.1, 0.15) is 0 Å². The first kappa shape index (κ1) is 10.8. The lowest BCUT2D eigenvalue weighted by molar-refractivity contribution is 0.487. The first-order valence-corrected chi connectivity index (χ1v) is 3.81. The molecule has 0 amide bonds. The zero-order chi connectivity index (χ0) is 9.40. The molecule has 0 aromatic rings. The fourth-order valence-corrected chi connectivity index (χ4v) is 0.607. The van der Waals surface area contributed by atoms with Crippen LogP contribution in [-0.4, -0.2) is 44.3 Å². The second-order valence-corrected chi connectivity index (χ2v) is 2.36. The van der Waals surface area contributed by atoms with Gasteiger partial charge in [-0.3, -0.25) is 5.41 Å². The molecule has 0 aliphatic rings. The number of likely N-dealkylation sites (N-methyl/N-ethyl adjacent to an activating group) is 2. The minimum Gasteiger partial charge on any atom is -0.343 e. The molecule has 4 nitrogen and oxygen atoms in total. The number of aliphatic imine (C=N–C) groups is 1. The van der Waals surface area contributed by atoms with Crippen LogP contribution in [0.5, 0.6) is 0 Å². The maximum Gasteiger partial charge on any atom is 0.217 e. The number of allylic oxidation sites excluding steroid dienone is 1. The van der Waals surface area contributed by atoms with E-state index < -0.39 is 0 Å². The fourth-order valence-electron chi connectivity index (χ4n) is 0.607. The molecule has 0 atom stereocenters. The average molecular weight is 168 g/mol. The molecule has 0 saturated heterocycles. The molecule has 0 bridgehead atoms. The zero-order valence-electron chi connectivity index (χ0n) is 7.67. The van der Waals surface area contributed by atoms with E-state index in [-0.39, 0.29) is 5.96 Å². The van der Waals surface area contributed by atoms with Gasteiger partial charge in [0, 0.05) is 26.4 Å². The van der Waals surface area contributed by atoms with Crippen LogP contribution in [0.4, 0.5) is 0 Å². The Kier molecular flexibility index (Phi) is 5.91. The Bertz CT molecular complexity index is 174. The Labute approximate surface area is 73.5 Å². The van der Waals surface area contributed by atoms with Gasteiger partial charge >= 0.3 is 0 Å². The van der Waals surface area contributed by atoms with Crippen LogP contribution in [0, 0.1) is 5.41 Å². The van der Waals surface area contributed by atoms with Crippen molar-refractivity contribution in [2.24, 2.45) is 4.99 Å². The summed E-state index contributed by atoms with van der Waals surface area (Å²) in [5.74, 6) is 0.255. The lowest BCUT2D eigenvalue weighted by Crippen LogP contribution is -2.31. The van der Waals surface area contributed by atoms with E-state index in [2.05, 4.69) is 16.9 Å². The molecule has 0 heterocycles. The number of nitrogens with zero attached hydrogens (tertiary/aromatic N) is 2. The summed E-state index contributed by atoms with van der Waals surface area (Å²) in [7, 11) is 3.71. The predicted octanol–water partition coefficient (Wildman–Crippen LogP) is 0.329. The van der Waals surface area contributed by atoms with Gasteiger partial charge < -0.3 is 10.2 Å². The summed E-state index contributed by atoms with van der Waals surface area (Å²) in [5, 5.41) is 10.4. The molecule has 0 aromatic heterocycles. The summed E-state index contributed by atoms with van der Waals surface area (Å²) in [6.07, 6.45) is 3.07. The van der Waals surface area contributed by atoms with Crippen LogP contribution in [0.3, 0.4) is 0 Å². The van der Waals surface area contributed by atoms with Crippen molar-refractivity contribution in [1.82, 2.24) is 10.2 Å². The van der Waals surface area contributed by atoms with Crippen LogP contribution in [-0.2, 0) is 0 Å². The summed E-state index contributed by atoms with van der Waals surface area (Å²) in [5.41, 5.74) is 0. The Morgan fingerprint density at radius 3 is 2.92 bits per heavy atom. The Morgan fingerprint density at radius 2 is 2.42 bits per heavy atom. The third-order valence-electron chi connectivity index (χ3n) is 1.36. The molecular weight excluding hydrogens is 152 g/mol. The van der Waals surface area contributed by atoms with Gasteiger partial charge in [0.1, 0.15) is 0 Å². The van der Waals surface area contributed by atoms with Crippen LogP contribution >= 0.6 is 0 Å². The largest absolute Gasteiger partial charge is 0.343 e. The molecule has 0 aliphatic carbocycles. The molecule has 2 N–H and O–H groups in total. The van der Waals surface area contributed by atoms with E-state index in [1.165, 1.54) is 6.21 Å². The smallest absolute Gasteiger partial charge is 0.217 e. The maximum atomic E-state index is 7.43. The van der Waals surface area contributed by atoms with Gasteiger partial charge in [-0.05, 0) is 7.05 Å². The Morgan fingerprint density at radius 1 is 1.75 bits per heavy atom. The van der Waals surface area contributed by atoms with Gasteiger partial charge in [0.2, 0.25) is 5.96 Å². The molecule has 0 aliphatic heterocycles. The minimum atomic E-state index is 0.255. The van der Waals surface area contributed by atoms with Crippen molar-refractivity contribution in [2.45, 2.75) is 0 Å². The van der Waals surface area contributed by atoms with Gasteiger partial charge in [0.05, 0.1) is 0 Å². The second kappa shape index (κ2) is 6.54. The third kappa shape index (κ3) is 4.62. The standard InChI is InChI=1S/C8H16N4/c1-4-5-11-8(9)12(3)7-6-10-2/h4-5,9-10H,1,6-7H2,2-3H3/b9-8?,11-5-. The van der Waals surface area contributed by atoms with E-state index in [1.54, 1.807) is 11.0 Å². The number of hydrogen-bond donors (Lipinski definition) is 2. The average Bonchev–Trinajstić information content (AvgIpc) is 2.10. The van der Waals surface area contributed by atoms with Crippen molar-refractivity contribution >= 4 is 12.2 Å². The molecule has 0 saturated carbocycles. The van der Waals surface area contributed by atoms with Crippen LogP contribution < -0.4 is 5.32 Å². The van der Waals surface area contributed by atoms with Crippen LogP contribution in [0.25, 0.3) is 0 Å². The molecule has 0 rings (SSSR count). The van der Waals surface area contributed by atoms with Crippen molar-refractivity contribution < 1.29 is 0 Å². The van der Waals surface area contributed by atoms with E-state index in [0.717, 1.165) is 13.1 Å². The van der Waals surface area contributed by atoms with E-state index in [9.17, 15) is 0 Å². The highest BCUT2D eigenvalue weighted by atomic mass is 15.2. The van der Waals surface area contributed by atoms with Gasteiger partial charge in [0.25, 0.3) is 0 Å². The highest BCUT2D eigenvalue weighted by molar-refractivity contribution is 5.88. The van der Waals surface area contributed by atoms with Crippen molar-refractivity contribution in [3.05, 3.63) is 12.7 Å². The summed E-state index contributed by atoms with van der Waals surface area (Å²) in [6.45, 7) is 5.11. The first-order chi connectivity index (χ1) is 5.72. The number of rotatable bonds is 4. The normalized spacial score (nSPS) is 10.2. The second-order valence-electron chi connectivity index (χ2n) is 2.36. The number of hydrogen-bond acceptors (Lipinski definition) is 2. The lowest BCUT2D eigenvalue weighted by Gasteiger charge is -2.15. The summed E-state index contributed by atoms with van der Waals surface area (Å²) in [4.78, 5) is 5.59. The monoisotopic (exact) mass is 168 g/mol. The van der Waals surface area contributed by atoms with E-state index in [1.807, 2.05) is 14.1 Å². The van der Waals surface area contributed by atoms with Crippen LogP contribution in [0.2, 0.25) is 0 Å². The lowest BCUT2D eigenvalue weighted by atomic mass is 10.5. The molecule has 0 aromatic carbocycles. The topological polar surface area (TPSA) is 51.5 Å². The highest BCUT2D eigenvalue weighted by Crippen LogP contribution is 1.84. The molecular formula is C8H16N4. The minimum absolute atomic E-state index is 0.255. The van der Waals surface area contributed by atoms with Crippen molar-refractivity contribution in [2.75, 3.05) is 27.2 Å². The molecule has 0 fully saturated rings. The van der Waals surface area contributed by atoms with Crippen molar-refractivity contribution in [1.29, 1.82) is 5.41 Å². The van der Waals surface area contributed by atoms with E-state index in [0.29, 0.717) is 0 Å². The van der Waals surface area contributed by atoms with Gasteiger partial charge in [-0.1, -0.05) is 12.7 Å². The highest BCUT2D eigenvalue weighted by Gasteiger charge is 1.98. The number of guanidine groups is 1. The quantitative estimate of drug-likeness (QED) is 0.469. The number of nitrogens with one attached hydrogen (secondary N) is 2. The van der Waals surface area contributed by atoms with Gasteiger partial charge in [-0.2, -0.15) is 0 Å².